The van der Waals surface area contributed by atoms with Crippen LogP contribution in [0.25, 0.3) is 0 Å². The average Bonchev–Trinajstić information content (AvgIpc) is 2.59. The second-order valence-corrected chi connectivity index (χ2v) is 6.46. The van der Waals surface area contributed by atoms with Gasteiger partial charge in [0.05, 0.1) is 11.6 Å². The largest absolute Gasteiger partial charge is 0.452 e. The van der Waals surface area contributed by atoms with Crippen molar-refractivity contribution in [3.8, 4) is 0 Å². The van der Waals surface area contributed by atoms with Gasteiger partial charge in [-0.1, -0.05) is 23.7 Å². The van der Waals surface area contributed by atoms with Crippen molar-refractivity contribution in [2.75, 3.05) is 12.9 Å². The van der Waals surface area contributed by atoms with E-state index in [9.17, 15) is 9.59 Å². The number of esters is 1. The molecule has 2 rings (SSSR count). The highest BCUT2D eigenvalue weighted by atomic mass is 35.5. The molecule has 1 atom stereocenters. The van der Waals surface area contributed by atoms with Crippen LogP contribution >= 0.6 is 23.4 Å². The van der Waals surface area contributed by atoms with Gasteiger partial charge in [-0.2, -0.15) is 0 Å². The van der Waals surface area contributed by atoms with Crippen LogP contribution in [-0.4, -0.2) is 24.7 Å². The molecule has 0 aliphatic carbocycles. The molecule has 0 unspecified atom stereocenters. The highest BCUT2D eigenvalue weighted by Crippen LogP contribution is 2.17. The zero-order valence-corrected chi connectivity index (χ0v) is 15.0. The van der Waals surface area contributed by atoms with Crippen molar-refractivity contribution in [3.63, 3.8) is 0 Å². The van der Waals surface area contributed by atoms with Crippen molar-refractivity contribution in [3.05, 3.63) is 64.7 Å². The van der Waals surface area contributed by atoms with Crippen LogP contribution in [0, 0.1) is 0 Å². The molecular weight excluding hydrogens is 346 g/mol. The van der Waals surface area contributed by atoms with E-state index in [2.05, 4.69) is 5.32 Å². The van der Waals surface area contributed by atoms with Crippen LogP contribution in [0.15, 0.2) is 53.4 Å². The highest BCUT2D eigenvalue weighted by molar-refractivity contribution is 7.98. The number of halogens is 1. The first kappa shape index (κ1) is 18.4. The Bertz CT molecular complexity index is 718. The summed E-state index contributed by atoms with van der Waals surface area (Å²) in [5.74, 6) is -0.884. The third-order valence-electron chi connectivity index (χ3n) is 3.39. The van der Waals surface area contributed by atoms with Crippen molar-refractivity contribution in [2.24, 2.45) is 0 Å². The van der Waals surface area contributed by atoms with Gasteiger partial charge in [0.15, 0.2) is 6.61 Å². The van der Waals surface area contributed by atoms with Gasteiger partial charge in [-0.05, 0) is 55.1 Å². The van der Waals surface area contributed by atoms with Crippen LogP contribution in [0.2, 0.25) is 5.02 Å². The Balaban J connectivity index is 1.84. The van der Waals surface area contributed by atoms with Gasteiger partial charge < -0.3 is 10.1 Å². The molecule has 0 aromatic heterocycles. The number of ether oxygens (including phenoxy) is 1. The number of hydrogen-bond acceptors (Lipinski definition) is 4. The predicted molar refractivity (Wildman–Crippen MR) is 96.5 cm³/mol. The van der Waals surface area contributed by atoms with Crippen molar-refractivity contribution < 1.29 is 14.3 Å². The normalized spacial score (nSPS) is 11.6. The average molecular weight is 364 g/mol. The summed E-state index contributed by atoms with van der Waals surface area (Å²) in [6.45, 7) is 1.51. The molecule has 0 aliphatic rings. The van der Waals surface area contributed by atoms with Gasteiger partial charge >= 0.3 is 5.97 Å². The molecule has 126 valence electrons. The minimum atomic E-state index is -0.520. The third kappa shape index (κ3) is 5.28. The maximum atomic E-state index is 11.9. The lowest BCUT2D eigenvalue weighted by Gasteiger charge is -2.14. The fraction of sp³-hybridized carbons (Fsp3) is 0.222. The van der Waals surface area contributed by atoms with Gasteiger partial charge in [-0.3, -0.25) is 4.79 Å². The van der Waals surface area contributed by atoms with Crippen LogP contribution in [-0.2, 0) is 9.53 Å². The van der Waals surface area contributed by atoms with Crippen LogP contribution in [0.4, 0.5) is 0 Å². The van der Waals surface area contributed by atoms with Crippen molar-refractivity contribution in [2.45, 2.75) is 17.9 Å². The molecule has 0 aliphatic heterocycles. The number of amides is 1. The molecule has 2 aromatic rings. The Morgan fingerprint density at radius 3 is 2.54 bits per heavy atom. The lowest BCUT2D eigenvalue weighted by atomic mass is 10.1. The summed E-state index contributed by atoms with van der Waals surface area (Å²) in [6.07, 6.45) is 1.96. The Kier molecular flexibility index (Phi) is 6.70. The molecule has 0 spiro atoms. The van der Waals surface area contributed by atoms with Crippen LogP contribution in [0.1, 0.15) is 28.9 Å². The van der Waals surface area contributed by atoms with E-state index in [0.717, 1.165) is 10.5 Å². The molecule has 0 radical (unpaired) electrons. The fourth-order valence-corrected chi connectivity index (χ4v) is 2.69. The van der Waals surface area contributed by atoms with Gasteiger partial charge in [0.25, 0.3) is 5.91 Å². The summed E-state index contributed by atoms with van der Waals surface area (Å²) >= 11 is 7.52. The Labute approximate surface area is 150 Å². The van der Waals surface area contributed by atoms with E-state index >= 15 is 0 Å². The van der Waals surface area contributed by atoms with Gasteiger partial charge in [0, 0.05) is 9.92 Å². The molecule has 0 saturated carbocycles. The number of rotatable bonds is 6. The Hall–Kier alpha value is -1.98. The summed E-state index contributed by atoms with van der Waals surface area (Å²) in [6, 6.07) is 14.0. The maximum absolute atomic E-state index is 11.9. The van der Waals surface area contributed by atoms with Crippen molar-refractivity contribution in [1.82, 2.24) is 5.32 Å². The molecule has 6 heteroatoms. The minimum Gasteiger partial charge on any atom is -0.452 e. The molecule has 0 fully saturated rings. The first-order valence-electron chi connectivity index (χ1n) is 7.35. The first-order valence-corrected chi connectivity index (χ1v) is 8.96. The van der Waals surface area contributed by atoms with E-state index in [4.69, 9.17) is 16.3 Å². The molecule has 2 aromatic carbocycles. The summed E-state index contributed by atoms with van der Waals surface area (Å²) in [7, 11) is 0. The lowest BCUT2D eigenvalue weighted by molar-refractivity contribution is -0.124. The predicted octanol–water partition coefficient (Wildman–Crippen LogP) is 4.10. The molecule has 4 nitrogen and oxygen atoms in total. The second-order valence-electron chi connectivity index (χ2n) is 5.15. The van der Waals surface area contributed by atoms with E-state index < -0.39 is 5.97 Å². The van der Waals surface area contributed by atoms with Crippen LogP contribution < -0.4 is 5.32 Å². The van der Waals surface area contributed by atoms with E-state index in [1.54, 1.807) is 36.0 Å². The minimum absolute atomic E-state index is 0.226. The number of thioether (sulfide) groups is 1. The molecular formula is C18H18ClNO3S. The van der Waals surface area contributed by atoms with E-state index in [-0.39, 0.29) is 18.6 Å². The summed E-state index contributed by atoms with van der Waals surface area (Å²) in [5.41, 5.74) is 1.30. The SMILES string of the molecule is CSc1ccc(C(=O)OCC(=O)N[C@@H](C)c2cccc(Cl)c2)cc1. The number of carbonyl (C=O) groups excluding carboxylic acids is 2. The van der Waals surface area contributed by atoms with Crippen LogP contribution in [0.3, 0.4) is 0 Å². The topological polar surface area (TPSA) is 55.4 Å². The number of nitrogens with one attached hydrogen (secondary N) is 1. The van der Waals surface area contributed by atoms with Gasteiger partial charge in [-0.25, -0.2) is 4.79 Å². The molecule has 1 N–H and O–H groups in total. The number of carbonyl (C=O) groups is 2. The quantitative estimate of drug-likeness (QED) is 0.620. The van der Waals surface area contributed by atoms with Gasteiger partial charge in [-0.15, -0.1) is 11.8 Å². The number of hydrogen-bond donors (Lipinski definition) is 1. The van der Waals surface area contributed by atoms with Crippen molar-refractivity contribution >= 4 is 35.2 Å². The van der Waals surface area contributed by atoms with Gasteiger partial charge in [0.1, 0.15) is 0 Å². The highest BCUT2D eigenvalue weighted by Gasteiger charge is 2.13. The van der Waals surface area contributed by atoms with Gasteiger partial charge in [0.2, 0.25) is 0 Å². The fourth-order valence-electron chi connectivity index (χ4n) is 2.08. The van der Waals surface area contributed by atoms with E-state index in [1.165, 1.54) is 0 Å². The summed E-state index contributed by atoms with van der Waals surface area (Å²) in [4.78, 5) is 24.9. The third-order valence-corrected chi connectivity index (χ3v) is 4.36. The molecule has 0 saturated heterocycles. The van der Waals surface area contributed by atoms with Crippen LogP contribution in [0.5, 0.6) is 0 Å². The van der Waals surface area contributed by atoms with E-state index in [1.807, 2.05) is 37.4 Å². The Morgan fingerprint density at radius 2 is 1.92 bits per heavy atom. The maximum Gasteiger partial charge on any atom is 0.338 e. The zero-order valence-electron chi connectivity index (χ0n) is 13.4. The number of benzene rings is 2. The smallest absolute Gasteiger partial charge is 0.338 e. The molecule has 0 bridgehead atoms. The lowest BCUT2D eigenvalue weighted by Crippen LogP contribution is -2.31. The van der Waals surface area contributed by atoms with Crippen molar-refractivity contribution in [1.29, 1.82) is 0 Å². The first-order chi connectivity index (χ1) is 11.5. The summed E-state index contributed by atoms with van der Waals surface area (Å²) in [5, 5.41) is 3.38. The summed E-state index contributed by atoms with van der Waals surface area (Å²) < 4.78 is 5.04. The molecule has 24 heavy (non-hydrogen) atoms. The zero-order chi connectivity index (χ0) is 17.5. The molecule has 0 heterocycles. The Morgan fingerprint density at radius 1 is 1.21 bits per heavy atom. The molecule has 1 amide bonds. The monoisotopic (exact) mass is 363 g/mol. The second kappa shape index (κ2) is 8.76. The standard InChI is InChI=1S/C18H18ClNO3S/c1-12(14-4-3-5-15(19)10-14)20-17(21)11-23-18(22)13-6-8-16(24-2)9-7-13/h3-10,12H,11H2,1-2H3,(H,20,21)/t12-/m0/s1. The van der Waals surface area contributed by atoms with E-state index in [0.29, 0.717) is 10.6 Å².